The molecule has 0 saturated heterocycles. The van der Waals surface area contributed by atoms with E-state index in [0.717, 1.165) is 23.4 Å². The molecule has 0 aliphatic heterocycles. The van der Waals surface area contributed by atoms with Gasteiger partial charge in [-0.2, -0.15) is 4.98 Å². The number of hydrogen-bond acceptors (Lipinski definition) is 7. The van der Waals surface area contributed by atoms with E-state index in [2.05, 4.69) is 15.1 Å². The third kappa shape index (κ3) is 2.61. The molecule has 7 heteroatoms. The molecule has 6 nitrogen and oxygen atoms in total. The van der Waals surface area contributed by atoms with Gasteiger partial charge in [0.05, 0.1) is 23.9 Å². The Kier molecular flexibility index (Phi) is 3.57. The predicted molar refractivity (Wildman–Crippen MR) is 75.3 cm³/mol. The SMILES string of the molecule is Cc1ncsc1-c1nc(C(C)(N)COC2CCC2)no1. The van der Waals surface area contributed by atoms with Crippen LogP contribution in [0.25, 0.3) is 10.8 Å². The Morgan fingerprint density at radius 1 is 1.55 bits per heavy atom. The second-order valence-corrected chi connectivity index (χ2v) is 6.33. The molecule has 3 rings (SSSR count). The van der Waals surface area contributed by atoms with Gasteiger partial charge in [-0.1, -0.05) is 5.16 Å². The average molecular weight is 294 g/mol. The fraction of sp³-hybridized carbons (Fsp3) is 0.615. The van der Waals surface area contributed by atoms with E-state index in [-0.39, 0.29) is 0 Å². The summed E-state index contributed by atoms with van der Waals surface area (Å²) in [6.45, 7) is 4.18. The largest absolute Gasteiger partial charge is 0.376 e. The normalized spacial score (nSPS) is 18.8. The van der Waals surface area contributed by atoms with Crippen molar-refractivity contribution in [1.82, 2.24) is 15.1 Å². The lowest BCUT2D eigenvalue weighted by molar-refractivity contribution is -0.0222. The molecule has 2 heterocycles. The molecule has 1 unspecified atom stereocenters. The molecule has 0 bridgehead atoms. The number of hydrogen-bond donors (Lipinski definition) is 1. The second-order valence-electron chi connectivity index (χ2n) is 5.47. The second kappa shape index (κ2) is 5.23. The summed E-state index contributed by atoms with van der Waals surface area (Å²) in [5.74, 6) is 0.944. The fourth-order valence-corrected chi connectivity index (χ4v) is 2.67. The summed E-state index contributed by atoms with van der Waals surface area (Å²) < 4.78 is 11.1. The Bertz CT molecular complexity index is 589. The zero-order chi connectivity index (χ0) is 14.2. The third-order valence-corrected chi connectivity index (χ3v) is 4.46. The molecular weight excluding hydrogens is 276 g/mol. The van der Waals surface area contributed by atoms with Crippen molar-refractivity contribution in [2.75, 3.05) is 6.61 Å². The van der Waals surface area contributed by atoms with Crippen LogP contribution in [0.5, 0.6) is 0 Å². The number of aromatic nitrogens is 3. The van der Waals surface area contributed by atoms with Crippen LogP contribution in [-0.4, -0.2) is 27.8 Å². The van der Waals surface area contributed by atoms with Crippen LogP contribution < -0.4 is 5.73 Å². The molecule has 1 aliphatic carbocycles. The van der Waals surface area contributed by atoms with E-state index < -0.39 is 5.54 Å². The van der Waals surface area contributed by atoms with Crippen molar-refractivity contribution in [3.8, 4) is 10.8 Å². The first kappa shape index (κ1) is 13.7. The molecule has 2 aromatic rings. The van der Waals surface area contributed by atoms with Crippen molar-refractivity contribution >= 4 is 11.3 Å². The number of aryl methyl sites for hydroxylation is 1. The lowest BCUT2D eigenvalue weighted by atomic mass is 9.95. The Morgan fingerprint density at radius 2 is 2.35 bits per heavy atom. The minimum atomic E-state index is -0.740. The minimum absolute atomic E-state index is 0.341. The maximum absolute atomic E-state index is 6.25. The van der Waals surface area contributed by atoms with E-state index in [4.69, 9.17) is 15.0 Å². The van der Waals surface area contributed by atoms with Crippen molar-refractivity contribution in [2.24, 2.45) is 5.73 Å². The van der Waals surface area contributed by atoms with Crippen LogP contribution in [0.2, 0.25) is 0 Å². The van der Waals surface area contributed by atoms with Crippen molar-refractivity contribution in [1.29, 1.82) is 0 Å². The highest BCUT2D eigenvalue weighted by Crippen LogP contribution is 2.28. The van der Waals surface area contributed by atoms with Crippen molar-refractivity contribution < 1.29 is 9.26 Å². The van der Waals surface area contributed by atoms with Gasteiger partial charge in [-0.3, -0.25) is 0 Å². The highest BCUT2D eigenvalue weighted by molar-refractivity contribution is 7.13. The predicted octanol–water partition coefficient (Wildman–Crippen LogP) is 2.24. The highest BCUT2D eigenvalue weighted by atomic mass is 32.1. The molecule has 0 spiro atoms. The molecule has 108 valence electrons. The van der Waals surface area contributed by atoms with E-state index in [1.807, 2.05) is 13.8 Å². The van der Waals surface area contributed by atoms with Crippen LogP contribution in [0.15, 0.2) is 10.0 Å². The van der Waals surface area contributed by atoms with Gasteiger partial charge in [0.2, 0.25) is 0 Å². The van der Waals surface area contributed by atoms with Crippen LogP contribution in [-0.2, 0) is 10.3 Å². The van der Waals surface area contributed by atoms with Crippen LogP contribution in [0, 0.1) is 6.92 Å². The lowest BCUT2D eigenvalue weighted by Gasteiger charge is -2.29. The maximum Gasteiger partial charge on any atom is 0.269 e. The zero-order valence-corrected chi connectivity index (χ0v) is 12.4. The Morgan fingerprint density at radius 3 is 2.95 bits per heavy atom. The highest BCUT2D eigenvalue weighted by Gasteiger charge is 2.31. The smallest absolute Gasteiger partial charge is 0.269 e. The van der Waals surface area contributed by atoms with Gasteiger partial charge in [0.15, 0.2) is 5.82 Å². The number of ether oxygens (including phenoxy) is 1. The van der Waals surface area contributed by atoms with Gasteiger partial charge in [0, 0.05) is 0 Å². The van der Waals surface area contributed by atoms with E-state index in [1.165, 1.54) is 17.8 Å². The number of nitrogens with two attached hydrogens (primary N) is 1. The summed E-state index contributed by atoms with van der Waals surface area (Å²) >= 11 is 1.48. The van der Waals surface area contributed by atoms with Crippen LogP contribution in [0.1, 0.15) is 37.7 Å². The van der Waals surface area contributed by atoms with Gasteiger partial charge in [-0.25, -0.2) is 4.98 Å². The lowest BCUT2D eigenvalue weighted by Crippen LogP contribution is -2.41. The molecule has 1 aliphatic rings. The zero-order valence-electron chi connectivity index (χ0n) is 11.6. The van der Waals surface area contributed by atoms with Crippen LogP contribution in [0.4, 0.5) is 0 Å². The first-order chi connectivity index (χ1) is 9.56. The van der Waals surface area contributed by atoms with Gasteiger partial charge in [-0.15, -0.1) is 11.3 Å². The maximum atomic E-state index is 6.25. The minimum Gasteiger partial charge on any atom is -0.376 e. The third-order valence-electron chi connectivity index (χ3n) is 3.55. The molecule has 2 N–H and O–H groups in total. The van der Waals surface area contributed by atoms with E-state index in [0.29, 0.717) is 24.4 Å². The standard InChI is InChI=1S/C13H18N4O2S/c1-8-10(20-7-15-8)11-16-12(17-19-11)13(2,14)6-18-9-4-3-5-9/h7,9H,3-6,14H2,1-2H3. The molecule has 20 heavy (non-hydrogen) atoms. The molecule has 0 radical (unpaired) electrons. The molecular formula is C13H18N4O2S. The summed E-state index contributed by atoms with van der Waals surface area (Å²) in [7, 11) is 0. The van der Waals surface area contributed by atoms with Gasteiger partial charge in [0.1, 0.15) is 10.4 Å². The monoisotopic (exact) mass is 294 g/mol. The van der Waals surface area contributed by atoms with Crippen molar-refractivity contribution in [3.05, 3.63) is 17.0 Å². The molecule has 1 saturated carbocycles. The van der Waals surface area contributed by atoms with Gasteiger partial charge in [-0.05, 0) is 33.1 Å². The fourth-order valence-electron chi connectivity index (χ4n) is 1.95. The van der Waals surface area contributed by atoms with Gasteiger partial charge in [0.25, 0.3) is 5.89 Å². The molecule has 1 fully saturated rings. The molecule has 2 aromatic heterocycles. The first-order valence-corrected chi connectivity index (χ1v) is 7.59. The van der Waals surface area contributed by atoms with E-state index in [1.54, 1.807) is 5.51 Å². The summed E-state index contributed by atoms with van der Waals surface area (Å²) in [6, 6.07) is 0. The quantitative estimate of drug-likeness (QED) is 0.910. The summed E-state index contributed by atoms with van der Waals surface area (Å²) in [6.07, 6.45) is 3.82. The summed E-state index contributed by atoms with van der Waals surface area (Å²) in [4.78, 5) is 9.46. The first-order valence-electron chi connectivity index (χ1n) is 6.71. The molecule has 1 atom stereocenters. The topological polar surface area (TPSA) is 87.1 Å². The van der Waals surface area contributed by atoms with Crippen molar-refractivity contribution in [3.63, 3.8) is 0 Å². The van der Waals surface area contributed by atoms with Crippen molar-refractivity contribution in [2.45, 2.75) is 44.8 Å². The summed E-state index contributed by atoms with van der Waals surface area (Å²) in [5, 5.41) is 3.99. The number of rotatable bonds is 5. The Labute approximate surface area is 121 Å². The average Bonchev–Trinajstić information content (AvgIpc) is 2.94. The van der Waals surface area contributed by atoms with Gasteiger partial charge < -0.3 is 15.0 Å². The number of thiazole rings is 1. The number of nitrogens with zero attached hydrogens (tertiary/aromatic N) is 3. The van der Waals surface area contributed by atoms with E-state index >= 15 is 0 Å². The van der Waals surface area contributed by atoms with Crippen LogP contribution in [0.3, 0.4) is 0 Å². The molecule has 0 aromatic carbocycles. The Hall–Kier alpha value is -1.31. The van der Waals surface area contributed by atoms with Crippen LogP contribution >= 0.6 is 11.3 Å². The summed E-state index contributed by atoms with van der Waals surface area (Å²) in [5.41, 5.74) is 8.15. The Balaban J connectivity index is 1.73. The molecule has 0 amide bonds. The van der Waals surface area contributed by atoms with Gasteiger partial charge >= 0.3 is 0 Å². The van der Waals surface area contributed by atoms with E-state index in [9.17, 15) is 0 Å².